The van der Waals surface area contributed by atoms with E-state index in [9.17, 15) is 5.11 Å². The fraction of sp³-hybridized carbons (Fsp3) is 0.647. The van der Waals surface area contributed by atoms with Crippen molar-refractivity contribution in [3.05, 3.63) is 33.8 Å². The SMILES string of the molecule is C[C@@](CP)(CC(c1ccc(Cl)c(Cl)c1)C1CCC1)C(CO)OP. The Kier molecular flexibility index (Phi) is 7.61. The fourth-order valence-electron chi connectivity index (χ4n) is 3.42. The Morgan fingerprint density at radius 3 is 2.48 bits per heavy atom. The summed E-state index contributed by atoms with van der Waals surface area (Å²) in [5.74, 6) is 1.09. The maximum Gasteiger partial charge on any atom is 0.0898 e. The second-order valence-electron chi connectivity index (χ2n) is 6.84. The van der Waals surface area contributed by atoms with Crippen molar-refractivity contribution in [3.63, 3.8) is 0 Å². The topological polar surface area (TPSA) is 29.5 Å². The molecule has 1 fully saturated rings. The number of aliphatic hydroxyl groups excluding tert-OH is 1. The van der Waals surface area contributed by atoms with Crippen molar-refractivity contribution in [1.29, 1.82) is 0 Å². The van der Waals surface area contributed by atoms with Gasteiger partial charge in [0, 0.05) is 14.9 Å². The highest BCUT2D eigenvalue weighted by Crippen LogP contribution is 2.48. The van der Waals surface area contributed by atoms with Crippen molar-refractivity contribution in [2.75, 3.05) is 12.8 Å². The van der Waals surface area contributed by atoms with Crippen LogP contribution in [-0.2, 0) is 4.52 Å². The molecule has 0 radical (unpaired) electrons. The predicted molar refractivity (Wildman–Crippen MR) is 106 cm³/mol. The van der Waals surface area contributed by atoms with E-state index in [4.69, 9.17) is 27.7 Å². The van der Waals surface area contributed by atoms with Crippen molar-refractivity contribution in [2.24, 2.45) is 11.3 Å². The third kappa shape index (κ3) is 4.60. The van der Waals surface area contributed by atoms with E-state index in [2.05, 4.69) is 31.7 Å². The molecule has 4 unspecified atom stereocenters. The molecule has 0 bridgehead atoms. The normalized spacial score (nSPS) is 20.6. The first-order valence-electron chi connectivity index (χ1n) is 8.06. The van der Waals surface area contributed by atoms with Gasteiger partial charge in [0.1, 0.15) is 0 Å². The molecule has 1 aliphatic rings. The summed E-state index contributed by atoms with van der Waals surface area (Å²) >= 11 is 12.3. The zero-order valence-corrected chi connectivity index (χ0v) is 17.3. The van der Waals surface area contributed by atoms with Gasteiger partial charge < -0.3 is 9.63 Å². The molecular weight excluding hydrogens is 369 g/mol. The van der Waals surface area contributed by atoms with Gasteiger partial charge in [-0.25, -0.2) is 0 Å². The molecule has 1 N–H and O–H groups in total. The molecule has 0 heterocycles. The summed E-state index contributed by atoms with van der Waals surface area (Å²) in [7, 11) is 5.11. The summed E-state index contributed by atoms with van der Waals surface area (Å²) < 4.78 is 5.47. The van der Waals surface area contributed by atoms with Gasteiger partial charge in [0.2, 0.25) is 0 Å². The van der Waals surface area contributed by atoms with E-state index in [-0.39, 0.29) is 18.1 Å². The standard InChI is InChI=1S/C17H26Cl2O2P2/c1-17(10-22,16(9-20)21-23)8-13(11-3-2-4-11)12-5-6-14(18)15(19)7-12/h5-7,11,13,16,20H,2-4,8-10,22-23H2,1H3/t13?,16?,17-/m0/s1. The van der Waals surface area contributed by atoms with E-state index < -0.39 is 0 Å². The molecule has 2 rings (SSSR count). The summed E-state index contributed by atoms with van der Waals surface area (Å²) in [6.45, 7) is 2.21. The summed E-state index contributed by atoms with van der Waals surface area (Å²) in [6.07, 6.45) is 5.43. The first-order valence-corrected chi connectivity index (χ1v) is 10.1. The lowest BCUT2D eigenvalue weighted by molar-refractivity contribution is 0.0230. The number of rotatable bonds is 8. The van der Waals surface area contributed by atoms with E-state index in [1.54, 1.807) is 0 Å². The van der Waals surface area contributed by atoms with E-state index in [0.29, 0.717) is 21.9 Å². The third-order valence-electron chi connectivity index (χ3n) is 5.35. The molecule has 23 heavy (non-hydrogen) atoms. The van der Waals surface area contributed by atoms with Gasteiger partial charge in [-0.3, -0.25) is 0 Å². The van der Waals surface area contributed by atoms with Crippen LogP contribution in [0.3, 0.4) is 0 Å². The van der Waals surface area contributed by atoms with Gasteiger partial charge in [0.15, 0.2) is 0 Å². The molecule has 1 aliphatic carbocycles. The Labute approximate surface area is 154 Å². The summed E-state index contributed by atoms with van der Waals surface area (Å²) in [5.41, 5.74) is 1.13. The lowest BCUT2D eigenvalue weighted by Gasteiger charge is -2.42. The van der Waals surface area contributed by atoms with E-state index >= 15 is 0 Å². The van der Waals surface area contributed by atoms with Crippen LogP contribution in [-0.4, -0.2) is 24.0 Å². The van der Waals surface area contributed by atoms with Crippen molar-refractivity contribution < 1.29 is 9.63 Å². The molecule has 0 aliphatic heterocycles. The second kappa shape index (κ2) is 8.79. The molecule has 1 saturated carbocycles. The van der Waals surface area contributed by atoms with Crippen LogP contribution in [0.15, 0.2) is 18.2 Å². The first-order chi connectivity index (χ1) is 10.9. The highest BCUT2D eigenvalue weighted by atomic mass is 35.5. The van der Waals surface area contributed by atoms with Crippen LogP contribution >= 0.6 is 41.9 Å². The Morgan fingerprint density at radius 1 is 1.35 bits per heavy atom. The van der Waals surface area contributed by atoms with Crippen LogP contribution < -0.4 is 0 Å². The van der Waals surface area contributed by atoms with Crippen LogP contribution in [0.1, 0.15) is 44.1 Å². The Hall–Kier alpha value is 0.580. The molecule has 0 saturated heterocycles. The van der Waals surface area contributed by atoms with Gasteiger partial charge in [-0.15, -0.1) is 9.24 Å². The van der Waals surface area contributed by atoms with Crippen molar-refractivity contribution >= 4 is 41.9 Å². The summed E-state index contributed by atoms with van der Waals surface area (Å²) in [4.78, 5) is 0. The minimum atomic E-state index is -0.199. The predicted octanol–water partition coefficient (Wildman–Crippen LogP) is 5.32. The monoisotopic (exact) mass is 394 g/mol. The molecule has 1 aromatic carbocycles. The molecule has 0 aromatic heterocycles. The third-order valence-corrected chi connectivity index (χ3v) is 7.35. The van der Waals surface area contributed by atoms with Gasteiger partial charge in [-0.05, 0) is 55.0 Å². The molecule has 6 heteroatoms. The summed E-state index contributed by atoms with van der Waals surface area (Å²) in [6, 6.07) is 5.99. The lowest BCUT2D eigenvalue weighted by atomic mass is 9.66. The van der Waals surface area contributed by atoms with E-state index in [1.165, 1.54) is 24.8 Å². The molecule has 0 spiro atoms. The summed E-state index contributed by atoms with van der Waals surface area (Å²) in [5, 5.41) is 10.9. The fourth-order valence-corrected chi connectivity index (χ4v) is 4.57. The first kappa shape index (κ1) is 19.9. The largest absolute Gasteiger partial charge is 0.394 e. The molecular formula is C17H26Cl2O2P2. The lowest BCUT2D eigenvalue weighted by Crippen LogP contribution is -2.40. The quantitative estimate of drug-likeness (QED) is 0.604. The minimum Gasteiger partial charge on any atom is -0.394 e. The highest BCUT2D eigenvalue weighted by molar-refractivity contribution is 7.16. The average Bonchev–Trinajstić information content (AvgIpc) is 2.49. The Bertz CT molecular complexity index is 521. The van der Waals surface area contributed by atoms with Crippen LogP contribution in [0.4, 0.5) is 0 Å². The van der Waals surface area contributed by atoms with Gasteiger partial charge in [0.25, 0.3) is 0 Å². The number of benzene rings is 1. The Balaban J connectivity index is 2.29. The number of hydrogen-bond acceptors (Lipinski definition) is 2. The maximum atomic E-state index is 9.68. The van der Waals surface area contributed by atoms with Crippen molar-refractivity contribution in [1.82, 2.24) is 0 Å². The van der Waals surface area contributed by atoms with Crippen LogP contribution in [0.2, 0.25) is 10.0 Å². The average molecular weight is 395 g/mol. The number of aliphatic hydroxyl groups is 1. The van der Waals surface area contributed by atoms with Gasteiger partial charge in [0.05, 0.1) is 22.8 Å². The molecule has 0 amide bonds. The van der Waals surface area contributed by atoms with Crippen LogP contribution in [0.25, 0.3) is 0 Å². The van der Waals surface area contributed by atoms with Crippen molar-refractivity contribution in [2.45, 2.75) is 44.6 Å². The van der Waals surface area contributed by atoms with E-state index in [0.717, 1.165) is 12.6 Å². The van der Waals surface area contributed by atoms with Crippen LogP contribution in [0.5, 0.6) is 0 Å². The Morgan fingerprint density at radius 2 is 2.04 bits per heavy atom. The number of hydrogen-bond donors (Lipinski definition) is 1. The van der Waals surface area contributed by atoms with E-state index in [1.807, 2.05) is 12.1 Å². The molecule has 130 valence electrons. The van der Waals surface area contributed by atoms with Gasteiger partial charge >= 0.3 is 0 Å². The molecule has 1 aromatic rings. The van der Waals surface area contributed by atoms with Crippen molar-refractivity contribution in [3.8, 4) is 0 Å². The molecule has 5 atom stereocenters. The van der Waals surface area contributed by atoms with Gasteiger partial charge in [-0.2, -0.15) is 0 Å². The maximum absolute atomic E-state index is 9.68. The minimum absolute atomic E-state index is 0.0210. The second-order valence-corrected chi connectivity index (χ2v) is 8.34. The smallest absolute Gasteiger partial charge is 0.0898 e. The zero-order valence-electron chi connectivity index (χ0n) is 13.5. The number of halogens is 2. The van der Waals surface area contributed by atoms with Crippen LogP contribution in [0, 0.1) is 11.3 Å². The van der Waals surface area contributed by atoms with Gasteiger partial charge in [-0.1, -0.05) is 42.6 Å². The molecule has 2 nitrogen and oxygen atoms in total. The zero-order chi connectivity index (χ0) is 17.0. The highest BCUT2D eigenvalue weighted by Gasteiger charge is 2.39.